The van der Waals surface area contributed by atoms with Gasteiger partial charge in [0.1, 0.15) is 0 Å². The van der Waals surface area contributed by atoms with Gasteiger partial charge in [-0.1, -0.05) is 11.3 Å². The first-order valence-corrected chi connectivity index (χ1v) is 7.87. The Balaban J connectivity index is 2.42. The zero-order chi connectivity index (χ0) is 16.3. The number of carbonyl (C=O) groups is 2. The third-order valence-electron chi connectivity index (χ3n) is 3.21. The van der Waals surface area contributed by atoms with Crippen molar-refractivity contribution >= 4 is 34.4 Å². The van der Waals surface area contributed by atoms with Gasteiger partial charge in [0, 0.05) is 31.8 Å². The van der Waals surface area contributed by atoms with Crippen molar-refractivity contribution in [2.45, 2.75) is 34.2 Å². The predicted octanol–water partition coefficient (Wildman–Crippen LogP) is 3.27. The highest BCUT2D eigenvalue weighted by Crippen LogP contribution is 2.18. The molecule has 1 amide bonds. The van der Waals surface area contributed by atoms with Gasteiger partial charge in [-0.25, -0.2) is 4.99 Å². The van der Waals surface area contributed by atoms with Gasteiger partial charge < -0.3 is 9.88 Å². The molecule has 22 heavy (non-hydrogen) atoms. The standard InChI is InChI=1S/C16H19N3O2S/c1-5-19-10(2)15(11(3)20)22-16(19)18-14-8-6-13(7-9-14)17-12(4)21/h6-9H,5H2,1-4H3,(H,17,21). The number of amides is 1. The molecule has 6 heteroatoms. The summed E-state index contributed by atoms with van der Waals surface area (Å²) in [5, 5.41) is 2.72. The summed E-state index contributed by atoms with van der Waals surface area (Å²) in [7, 11) is 0. The zero-order valence-electron chi connectivity index (χ0n) is 13.1. The molecule has 0 saturated heterocycles. The Bertz CT molecular complexity index is 770. The summed E-state index contributed by atoms with van der Waals surface area (Å²) < 4.78 is 2.03. The molecule has 0 saturated carbocycles. The Labute approximate surface area is 133 Å². The highest BCUT2D eigenvalue weighted by Gasteiger charge is 2.12. The minimum Gasteiger partial charge on any atom is -0.326 e. The van der Waals surface area contributed by atoms with E-state index in [1.54, 1.807) is 6.92 Å². The van der Waals surface area contributed by atoms with Crippen LogP contribution in [-0.4, -0.2) is 16.3 Å². The smallest absolute Gasteiger partial charge is 0.221 e. The van der Waals surface area contributed by atoms with E-state index in [4.69, 9.17) is 0 Å². The summed E-state index contributed by atoms with van der Waals surface area (Å²) in [6, 6.07) is 7.30. The largest absolute Gasteiger partial charge is 0.326 e. The highest BCUT2D eigenvalue weighted by atomic mass is 32.1. The number of anilines is 1. The molecular formula is C16H19N3O2S. The topological polar surface area (TPSA) is 63.5 Å². The van der Waals surface area contributed by atoms with Gasteiger partial charge in [-0.2, -0.15) is 0 Å². The molecule has 0 aliphatic rings. The van der Waals surface area contributed by atoms with Crippen molar-refractivity contribution in [3.8, 4) is 0 Å². The number of aromatic nitrogens is 1. The second-order valence-corrected chi connectivity index (χ2v) is 5.92. The number of hydrogen-bond acceptors (Lipinski definition) is 4. The van der Waals surface area contributed by atoms with Crippen molar-refractivity contribution in [3.05, 3.63) is 39.6 Å². The van der Waals surface area contributed by atoms with Gasteiger partial charge in [0.2, 0.25) is 5.91 Å². The molecule has 0 unspecified atom stereocenters. The second-order valence-electron chi connectivity index (χ2n) is 4.94. The number of hydrogen-bond donors (Lipinski definition) is 1. The highest BCUT2D eigenvalue weighted by molar-refractivity contribution is 7.11. The lowest BCUT2D eigenvalue weighted by molar-refractivity contribution is -0.114. The Hall–Kier alpha value is -2.21. The van der Waals surface area contributed by atoms with E-state index < -0.39 is 0 Å². The van der Waals surface area contributed by atoms with Gasteiger partial charge in [-0.05, 0) is 38.1 Å². The molecule has 0 aliphatic heterocycles. The number of nitrogens with zero attached hydrogens (tertiary/aromatic N) is 2. The summed E-state index contributed by atoms with van der Waals surface area (Å²) in [5.74, 6) is -0.0411. The van der Waals surface area contributed by atoms with Gasteiger partial charge >= 0.3 is 0 Å². The third-order valence-corrected chi connectivity index (χ3v) is 4.49. The van der Waals surface area contributed by atoms with Crippen molar-refractivity contribution in [1.82, 2.24) is 4.57 Å². The Morgan fingerprint density at radius 1 is 1.23 bits per heavy atom. The molecule has 0 atom stereocenters. The number of carbonyl (C=O) groups excluding carboxylic acids is 2. The van der Waals surface area contributed by atoms with Crippen LogP contribution in [-0.2, 0) is 11.3 Å². The average molecular weight is 317 g/mol. The van der Waals surface area contributed by atoms with E-state index >= 15 is 0 Å². The van der Waals surface area contributed by atoms with Gasteiger partial charge in [0.15, 0.2) is 10.6 Å². The zero-order valence-corrected chi connectivity index (χ0v) is 14.0. The fraction of sp³-hybridized carbons (Fsp3) is 0.312. The van der Waals surface area contributed by atoms with E-state index in [0.29, 0.717) is 0 Å². The fourth-order valence-corrected chi connectivity index (χ4v) is 3.31. The van der Waals surface area contributed by atoms with Crippen LogP contribution in [0.3, 0.4) is 0 Å². The summed E-state index contributed by atoms with van der Waals surface area (Å²) in [6.45, 7) is 7.78. The molecule has 116 valence electrons. The summed E-state index contributed by atoms with van der Waals surface area (Å²) in [4.78, 5) is 28.8. The SMILES string of the molecule is CCn1c(C)c(C(C)=O)sc1=Nc1ccc(NC(C)=O)cc1. The molecule has 1 aromatic carbocycles. The van der Waals surface area contributed by atoms with E-state index in [2.05, 4.69) is 10.3 Å². The van der Waals surface area contributed by atoms with Gasteiger partial charge in [-0.3, -0.25) is 9.59 Å². The molecule has 0 fully saturated rings. The molecule has 1 heterocycles. The normalized spacial score (nSPS) is 11.5. The quantitative estimate of drug-likeness (QED) is 0.880. The van der Waals surface area contributed by atoms with E-state index in [1.807, 2.05) is 42.7 Å². The molecule has 1 aromatic heterocycles. The van der Waals surface area contributed by atoms with E-state index in [-0.39, 0.29) is 11.7 Å². The molecule has 0 bridgehead atoms. The fourth-order valence-electron chi connectivity index (χ4n) is 2.20. The van der Waals surface area contributed by atoms with Crippen molar-refractivity contribution in [1.29, 1.82) is 0 Å². The number of thiazole rings is 1. The number of nitrogens with one attached hydrogen (secondary N) is 1. The molecule has 2 rings (SSSR count). The molecule has 0 spiro atoms. The third kappa shape index (κ3) is 3.51. The lowest BCUT2D eigenvalue weighted by Crippen LogP contribution is -2.14. The number of rotatable bonds is 4. The van der Waals surface area contributed by atoms with Crippen LogP contribution in [0.1, 0.15) is 36.1 Å². The van der Waals surface area contributed by atoms with Crippen LogP contribution < -0.4 is 10.1 Å². The van der Waals surface area contributed by atoms with Crippen molar-refractivity contribution in [3.63, 3.8) is 0 Å². The maximum Gasteiger partial charge on any atom is 0.221 e. The molecule has 2 aromatic rings. The summed E-state index contributed by atoms with van der Waals surface area (Å²) in [6.07, 6.45) is 0. The first kappa shape index (κ1) is 16.2. The Morgan fingerprint density at radius 3 is 2.36 bits per heavy atom. The molecule has 1 N–H and O–H groups in total. The predicted molar refractivity (Wildman–Crippen MR) is 88.7 cm³/mol. The lowest BCUT2D eigenvalue weighted by Gasteiger charge is -2.03. The van der Waals surface area contributed by atoms with Gasteiger partial charge in [0.05, 0.1) is 10.6 Å². The van der Waals surface area contributed by atoms with E-state index in [9.17, 15) is 9.59 Å². The Kier molecular flexibility index (Phi) is 4.92. The van der Waals surface area contributed by atoms with Crippen LogP contribution in [0.4, 0.5) is 11.4 Å². The first-order chi connectivity index (χ1) is 10.4. The Morgan fingerprint density at radius 2 is 1.86 bits per heavy atom. The van der Waals surface area contributed by atoms with Crippen LogP contribution >= 0.6 is 11.3 Å². The monoisotopic (exact) mass is 317 g/mol. The minimum atomic E-state index is -0.103. The van der Waals surface area contributed by atoms with Gasteiger partial charge in [0.25, 0.3) is 0 Å². The summed E-state index contributed by atoms with van der Waals surface area (Å²) >= 11 is 1.41. The number of Topliss-reactive ketones (excluding diaryl/α,β-unsaturated/α-hetero) is 1. The number of benzene rings is 1. The molecule has 5 nitrogen and oxygen atoms in total. The molecule has 0 radical (unpaired) electrons. The molecule has 0 aliphatic carbocycles. The molecular weight excluding hydrogens is 298 g/mol. The van der Waals surface area contributed by atoms with E-state index in [1.165, 1.54) is 18.3 Å². The van der Waals surface area contributed by atoms with Crippen LogP contribution in [0.5, 0.6) is 0 Å². The number of ketones is 1. The van der Waals surface area contributed by atoms with Crippen LogP contribution in [0.2, 0.25) is 0 Å². The average Bonchev–Trinajstić information content (AvgIpc) is 2.76. The summed E-state index contributed by atoms with van der Waals surface area (Å²) in [5.41, 5.74) is 2.47. The maximum absolute atomic E-state index is 11.7. The van der Waals surface area contributed by atoms with Crippen molar-refractivity contribution in [2.75, 3.05) is 5.32 Å². The van der Waals surface area contributed by atoms with Crippen molar-refractivity contribution in [2.24, 2.45) is 4.99 Å². The van der Waals surface area contributed by atoms with Crippen LogP contribution in [0.15, 0.2) is 29.3 Å². The maximum atomic E-state index is 11.7. The minimum absolute atomic E-state index is 0.0622. The second kappa shape index (κ2) is 6.70. The first-order valence-electron chi connectivity index (χ1n) is 7.06. The van der Waals surface area contributed by atoms with Crippen molar-refractivity contribution < 1.29 is 9.59 Å². The lowest BCUT2D eigenvalue weighted by atomic mass is 10.3. The van der Waals surface area contributed by atoms with Gasteiger partial charge in [-0.15, -0.1) is 0 Å². The van der Waals surface area contributed by atoms with E-state index in [0.717, 1.165) is 33.3 Å². The van der Waals surface area contributed by atoms with Crippen LogP contribution in [0.25, 0.3) is 0 Å². The van der Waals surface area contributed by atoms with Crippen LogP contribution in [0, 0.1) is 6.92 Å².